The zero-order valence-electron chi connectivity index (χ0n) is 14.0. The van der Waals surface area contributed by atoms with Crippen LogP contribution < -0.4 is 4.74 Å². The Morgan fingerprint density at radius 2 is 1.70 bits per heavy atom. The van der Waals surface area contributed by atoms with Crippen molar-refractivity contribution in [1.82, 2.24) is 9.21 Å². The molecule has 1 aliphatic rings. The normalized spacial score (nSPS) is 18.8. The van der Waals surface area contributed by atoms with E-state index in [-0.39, 0.29) is 6.61 Å². The summed E-state index contributed by atoms with van der Waals surface area (Å²) >= 11 is 0. The highest BCUT2D eigenvalue weighted by Crippen LogP contribution is 2.16. The summed E-state index contributed by atoms with van der Waals surface area (Å²) in [5.74, 6) is 0.767. The first-order valence-electron chi connectivity index (χ1n) is 7.80. The molecule has 130 valence electrons. The average molecular weight is 342 g/mol. The summed E-state index contributed by atoms with van der Waals surface area (Å²) < 4.78 is 30.1. The molecule has 0 radical (unpaired) electrons. The number of hydrogen-bond acceptors (Lipinski definition) is 5. The summed E-state index contributed by atoms with van der Waals surface area (Å²) in [6.45, 7) is 6.96. The maximum Gasteiger partial charge on any atom is 0.211 e. The molecule has 1 N–H and O–H groups in total. The Hall–Kier alpha value is -1.15. The summed E-state index contributed by atoms with van der Waals surface area (Å²) in [5.41, 5.74) is 2.26. The number of aryl methyl sites for hydroxylation is 2. The predicted molar refractivity (Wildman–Crippen MR) is 90.3 cm³/mol. The SMILES string of the molecule is Cc1cc(C)cc(OCC(O)CN2CCN(S(C)(=O)=O)CC2)c1. The number of aliphatic hydroxyl groups excluding tert-OH is 1. The largest absolute Gasteiger partial charge is 0.491 e. The molecule has 23 heavy (non-hydrogen) atoms. The number of ether oxygens (including phenoxy) is 1. The molecule has 2 rings (SSSR count). The van der Waals surface area contributed by atoms with Crippen LogP contribution >= 0.6 is 0 Å². The van der Waals surface area contributed by atoms with E-state index in [1.165, 1.54) is 10.6 Å². The number of sulfonamides is 1. The number of aliphatic hydroxyl groups is 1. The lowest BCUT2D eigenvalue weighted by atomic mass is 10.1. The first-order valence-corrected chi connectivity index (χ1v) is 9.65. The van der Waals surface area contributed by atoms with E-state index in [0.29, 0.717) is 32.7 Å². The van der Waals surface area contributed by atoms with E-state index in [1.54, 1.807) is 0 Å². The van der Waals surface area contributed by atoms with E-state index in [0.717, 1.165) is 16.9 Å². The zero-order valence-corrected chi connectivity index (χ0v) is 14.8. The van der Waals surface area contributed by atoms with Crippen LogP contribution in [-0.4, -0.2) is 74.4 Å². The van der Waals surface area contributed by atoms with Gasteiger partial charge in [0.05, 0.1) is 6.26 Å². The van der Waals surface area contributed by atoms with Gasteiger partial charge >= 0.3 is 0 Å². The number of benzene rings is 1. The Bertz CT molecular complexity index is 605. The van der Waals surface area contributed by atoms with Crippen molar-refractivity contribution in [3.8, 4) is 5.75 Å². The fraction of sp³-hybridized carbons (Fsp3) is 0.625. The molecule has 7 heteroatoms. The third-order valence-corrected chi connectivity index (χ3v) is 5.21. The molecule has 0 spiro atoms. The van der Waals surface area contributed by atoms with E-state index in [9.17, 15) is 13.5 Å². The van der Waals surface area contributed by atoms with E-state index >= 15 is 0 Å². The van der Waals surface area contributed by atoms with E-state index in [1.807, 2.05) is 26.0 Å². The van der Waals surface area contributed by atoms with Crippen LogP contribution in [0.15, 0.2) is 18.2 Å². The summed E-state index contributed by atoms with van der Waals surface area (Å²) in [6, 6.07) is 5.97. The summed E-state index contributed by atoms with van der Waals surface area (Å²) in [4.78, 5) is 2.07. The number of nitrogens with zero attached hydrogens (tertiary/aromatic N) is 2. The van der Waals surface area contributed by atoms with Crippen LogP contribution in [0.3, 0.4) is 0 Å². The number of β-amino-alcohol motifs (C(OH)–C–C–N with tert-alkyl or cyclic N) is 1. The van der Waals surface area contributed by atoms with Crippen molar-refractivity contribution in [3.63, 3.8) is 0 Å². The second-order valence-corrected chi connectivity index (χ2v) is 8.23. The fourth-order valence-electron chi connectivity index (χ4n) is 2.80. The maximum atomic E-state index is 11.5. The van der Waals surface area contributed by atoms with Gasteiger partial charge in [0.25, 0.3) is 0 Å². The molecule has 0 amide bonds. The van der Waals surface area contributed by atoms with Gasteiger partial charge in [-0.15, -0.1) is 0 Å². The van der Waals surface area contributed by atoms with Gasteiger partial charge in [0.2, 0.25) is 10.0 Å². The van der Waals surface area contributed by atoms with Gasteiger partial charge in [-0.1, -0.05) is 6.07 Å². The molecule has 1 saturated heterocycles. The van der Waals surface area contributed by atoms with Gasteiger partial charge in [-0.05, 0) is 37.1 Å². The van der Waals surface area contributed by atoms with Gasteiger partial charge in [0.15, 0.2) is 0 Å². The van der Waals surface area contributed by atoms with Crippen LogP contribution in [0.2, 0.25) is 0 Å². The Morgan fingerprint density at radius 3 is 2.22 bits per heavy atom. The first-order chi connectivity index (χ1) is 10.7. The predicted octanol–water partition coefficient (Wildman–Crippen LogP) is 0.620. The van der Waals surface area contributed by atoms with Crippen LogP contribution in [0.5, 0.6) is 5.75 Å². The molecule has 1 fully saturated rings. The summed E-state index contributed by atoms with van der Waals surface area (Å²) in [7, 11) is -3.11. The van der Waals surface area contributed by atoms with Crippen LogP contribution in [0.1, 0.15) is 11.1 Å². The molecule has 1 unspecified atom stereocenters. The van der Waals surface area contributed by atoms with Crippen molar-refractivity contribution in [2.75, 3.05) is 45.6 Å². The first kappa shape index (κ1) is 18.2. The van der Waals surface area contributed by atoms with Gasteiger partial charge in [-0.2, -0.15) is 4.31 Å². The summed E-state index contributed by atoms with van der Waals surface area (Å²) in [5, 5.41) is 10.1. The molecular formula is C16H26N2O4S. The Balaban J connectivity index is 1.76. The second-order valence-electron chi connectivity index (χ2n) is 6.25. The maximum absolute atomic E-state index is 11.5. The lowest BCUT2D eigenvalue weighted by molar-refractivity contribution is 0.0569. The lowest BCUT2D eigenvalue weighted by Gasteiger charge is -2.34. The number of rotatable bonds is 6. The van der Waals surface area contributed by atoms with Gasteiger partial charge in [-0.25, -0.2) is 8.42 Å². The van der Waals surface area contributed by atoms with Crippen molar-refractivity contribution >= 4 is 10.0 Å². The van der Waals surface area contributed by atoms with Crippen LogP contribution in [0.25, 0.3) is 0 Å². The van der Waals surface area contributed by atoms with E-state index in [4.69, 9.17) is 4.74 Å². The van der Waals surface area contributed by atoms with Gasteiger partial charge in [0, 0.05) is 32.7 Å². The standard InChI is InChI=1S/C16H26N2O4S/c1-13-8-14(2)10-16(9-13)22-12-15(19)11-17-4-6-18(7-5-17)23(3,20)21/h8-10,15,19H,4-7,11-12H2,1-3H3. The molecule has 0 saturated carbocycles. The smallest absolute Gasteiger partial charge is 0.211 e. The van der Waals surface area contributed by atoms with Crippen LogP contribution in [0, 0.1) is 13.8 Å². The molecule has 0 aliphatic carbocycles. The highest BCUT2D eigenvalue weighted by molar-refractivity contribution is 7.88. The average Bonchev–Trinajstić information content (AvgIpc) is 2.44. The molecule has 1 aromatic carbocycles. The minimum Gasteiger partial charge on any atom is -0.491 e. The highest BCUT2D eigenvalue weighted by atomic mass is 32.2. The Kier molecular flexibility index (Phi) is 6.02. The van der Waals surface area contributed by atoms with Crippen molar-refractivity contribution < 1.29 is 18.3 Å². The highest BCUT2D eigenvalue weighted by Gasteiger charge is 2.24. The van der Waals surface area contributed by atoms with Crippen molar-refractivity contribution in [2.45, 2.75) is 20.0 Å². The quantitative estimate of drug-likeness (QED) is 0.821. The monoisotopic (exact) mass is 342 g/mol. The number of piperazine rings is 1. The summed E-state index contributed by atoms with van der Waals surface area (Å²) in [6.07, 6.45) is 0.635. The van der Waals surface area contributed by atoms with E-state index < -0.39 is 16.1 Å². The van der Waals surface area contributed by atoms with Crippen molar-refractivity contribution in [1.29, 1.82) is 0 Å². The molecule has 1 atom stereocenters. The third kappa shape index (κ3) is 5.76. The van der Waals surface area contributed by atoms with Crippen molar-refractivity contribution in [3.05, 3.63) is 29.3 Å². The van der Waals surface area contributed by atoms with E-state index in [2.05, 4.69) is 11.0 Å². The molecule has 0 aromatic heterocycles. The third-order valence-electron chi connectivity index (χ3n) is 3.91. The molecule has 1 aliphatic heterocycles. The number of hydrogen-bond donors (Lipinski definition) is 1. The van der Waals surface area contributed by atoms with Gasteiger partial charge in [-0.3, -0.25) is 4.90 Å². The topological polar surface area (TPSA) is 70.1 Å². The molecule has 6 nitrogen and oxygen atoms in total. The second kappa shape index (κ2) is 7.61. The Labute approximate surface area is 138 Å². The molecule has 0 bridgehead atoms. The van der Waals surface area contributed by atoms with Crippen LogP contribution in [-0.2, 0) is 10.0 Å². The van der Waals surface area contributed by atoms with Crippen molar-refractivity contribution in [2.24, 2.45) is 0 Å². The Morgan fingerprint density at radius 1 is 1.13 bits per heavy atom. The zero-order chi connectivity index (χ0) is 17.0. The fourth-order valence-corrected chi connectivity index (χ4v) is 3.63. The van der Waals surface area contributed by atoms with Gasteiger partial charge < -0.3 is 9.84 Å². The molecular weight excluding hydrogens is 316 g/mol. The van der Waals surface area contributed by atoms with Gasteiger partial charge in [0.1, 0.15) is 18.5 Å². The minimum absolute atomic E-state index is 0.231. The molecule has 1 heterocycles. The molecule has 1 aromatic rings. The minimum atomic E-state index is -3.11. The van der Waals surface area contributed by atoms with Crippen LogP contribution in [0.4, 0.5) is 0 Å². The lowest BCUT2D eigenvalue weighted by Crippen LogP contribution is -2.50.